The van der Waals surface area contributed by atoms with E-state index in [2.05, 4.69) is 95.5 Å². The average Bonchev–Trinajstić information content (AvgIpc) is 2.75. The number of rotatable bonds is 6. The second-order valence-electron chi connectivity index (χ2n) is 6.69. The van der Waals surface area contributed by atoms with Crippen LogP contribution in [0, 0.1) is 6.92 Å². The summed E-state index contributed by atoms with van der Waals surface area (Å²) in [7, 11) is 0. The predicted molar refractivity (Wildman–Crippen MR) is 120 cm³/mol. The first-order valence-corrected chi connectivity index (χ1v) is 9.38. The zero-order valence-electron chi connectivity index (χ0n) is 15.8. The molecule has 0 radical (unpaired) electrons. The van der Waals surface area contributed by atoms with E-state index >= 15 is 0 Å². The monoisotopic (exact) mass is 365 g/mol. The van der Waals surface area contributed by atoms with Gasteiger partial charge in [-0.05, 0) is 67.6 Å². The number of hydrogen-bond acceptors (Lipinski definition) is 3. The van der Waals surface area contributed by atoms with E-state index in [-0.39, 0.29) is 0 Å². The molecule has 0 aliphatic carbocycles. The van der Waals surface area contributed by atoms with Gasteiger partial charge in [-0.3, -0.25) is 10.4 Å². The number of hydrogen-bond donors (Lipinski definition) is 2. The molecule has 0 saturated heterocycles. The number of nitrogens with one attached hydrogen (secondary N) is 2. The van der Waals surface area contributed by atoms with Gasteiger partial charge in [0.15, 0.2) is 0 Å². The van der Waals surface area contributed by atoms with E-state index in [0.717, 1.165) is 28.4 Å². The van der Waals surface area contributed by atoms with Crippen molar-refractivity contribution in [1.82, 2.24) is 0 Å². The topological polar surface area (TPSA) is 27.3 Å². The molecule has 3 heteroatoms. The van der Waals surface area contributed by atoms with Gasteiger partial charge in [0, 0.05) is 11.4 Å². The van der Waals surface area contributed by atoms with Gasteiger partial charge in [0.25, 0.3) is 0 Å². The highest BCUT2D eigenvalue weighted by molar-refractivity contribution is 5.71. The number of benzene rings is 4. The Kier molecular flexibility index (Phi) is 5.25. The van der Waals surface area contributed by atoms with Gasteiger partial charge < -0.3 is 5.32 Å². The van der Waals surface area contributed by atoms with Gasteiger partial charge in [-0.2, -0.15) is 0 Å². The van der Waals surface area contributed by atoms with Gasteiger partial charge in [-0.25, -0.2) is 0 Å². The summed E-state index contributed by atoms with van der Waals surface area (Å²) in [6.07, 6.45) is 0. The quantitative estimate of drug-likeness (QED) is 0.364. The Morgan fingerprint density at radius 3 is 1.54 bits per heavy atom. The first-order chi connectivity index (χ1) is 13.8. The predicted octanol–water partition coefficient (Wildman–Crippen LogP) is 6.90. The maximum atomic E-state index is 3.51. The molecule has 0 unspecified atom stereocenters. The Labute approximate surface area is 166 Å². The summed E-state index contributed by atoms with van der Waals surface area (Å²) in [5.41, 5.74) is 10.1. The first-order valence-electron chi connectivity index (χ1n) is 9.38. The number of para-hydroxylation sites is 2. The number of nitrogens with zero attached hydrogens (tertiary/aromatic N) is 1. The van der Waals surface area contributed by atoms with Crippen molar-refractivity contribution >= 4 is 28.4 Å². The van der Waals surface area contributed by atoms with Crippen molar-refractivity contribution in [3.05, 3.63) is 115 Å². The van der Waals surface area contributed by atoms with Crippen molar-refractivity contribution in [3.8, 4) is 0 Å². The molecule has 0 amide bonds. The summed E-state index contributed by atoms with van der Waals surface area (Å²) in [6.45, 7) is 2.10. The lowest BCUT2D eigenvalue weighted by molar-refractivity contribution is 1.16. The zero-order chi connectivity index (χ0) is 19.2. The van der Waals surface area contributed by atoms with Crippen LogP contribution in [0.3, 0.4) is 0 Å². The van der Waals surface area contributed by atoms with Gasteiger partial charge in [-0.15, -0.1) is 0 Å². The SMILES string of the molecule is Cc1ccc(N(Nc2ccccc2)c2ccc(Nc3ccccc3)cc2)cc1. The second-order valence-corrected chi connectivity index (χ2v) is 6.69. The Morgan fingerprint density at radius 1 is 0.500 bits per heavy atom. The maximum absolute atomic E-state index is 3.51. The smallest absolute Gasteiger partial charge is 0.0632 e. The summed E-state index contributed by atoms with van der Waals surface area (Å²) < 4.78 is 0. The van der Waals surface area contributed by atoms with Crippen molar-refractivity contribution in [1.29, 1.82) is 0 Å². The number of hydrazine groups is 1. The molecule has 138 valence electrons. The largest absolute Gasteiger partial charge is 0.356 e. The molecule has 0 bridgehead atoms. The summed E-state index contributed by atoms with van der Waals surface area (Å²) in [4.78, 5) is 0. The summed E-state index contributed by atoms with van der Waals surface area (Å²) >= 11 is 0. The van der Waals surface area contributed by atoms with Crippen LogP contribution in [0.2, 0.25) is 0 Å². The van der Waals surface area contributed by atoms with Crippen molar-refractivity contribution < 1.29 is 0 Å². The molecule has 0 aliphatic heterocycles. The van der Waals surface area contributed by atoms with Crippen LogP contribution in [0.5, 0.6) is 0 Å². The molecule has 0 aromatic heterocycles. The summed E-state index contributed by atoms with van der Waals surface area (Å²) in [5.74, 6) is 0. The third kappa shape index (κ3) is 4.33. The molecule has 0 fully saturated rings. The standard InChI is InChI=1S/C25H23N3/c1-20-12-16-24(17-13-20)28(27-23-10-6-3-7-11-23)25-18-14-22(15-19-25)26-21-8-4-2-5-9-21/h2-19,26-27H,1H3. The first kappa shape index (κ1) is 17.7. The van der Waals surface area contributed by atoms with Crippen molar-refractivity contribution in [3.63, 3.8) is 0 Å². The highest BCUT2D eigenvalue weighted by atomic mass is 15.5. The molecule has 3 nitrogen and oxygen atoms in total. The van der Waals surface area contributed by atoms with E-state index in [9.17, 15) is 0 Å². The van der Waals surface area contributed by atoms with E-state index in [4.69, 9.17) is 0 Å². The third-order valence-electron chi connectivity index (χ3n) is 4.49. The zero-order valence-corrected chi connectivity index (χ0v) is 15.8. The van der Waals surface area contributed by atoms with Gasteiger partial charge in [-0.1, -0.05) is 54.1 Å². The van der Waals surface area contributed by atoms with Crippen molar-refractivity contribution in [2.75, 3.05) is 15.8 Å². The van der Waals surface area contributed by atoms with Gasteiger partial charge >= 0.3 is 0 Å². The van der Waals surface area contributed by atoms with E-state index < -0.39 is 0 Å². The fourth-order valence-electron chi connectivity index (χ4n) is 3.00. The van der Waals surface area contributed by atoms with Gasteiger partial charge in [0.05, 0.1) is 17.1 Å². The molecule has 0 saturated carbocycles. The molecule has 0 aliphatic rings. The third-order valence-corrected chi connectivity index (χ3v) is 4.49. The highest BCUT2D eigenvalue weighted by Crippen LogP contribution is 2.28. The normalized spacial score (nSPS) is 10.3. The lowest BCUT2D eigenvalue weighted by Crippen LogP contribution is -2.24. The molecule has 4 rings (SSSR count). The van der Waals surface area contributed by atoms with Crippen LogP contribution in [0.1, 0.15) is 5.56 Å². The molecule has 28 heavy (non-hydrogen) atoms. The van der Waals surface area contributed by atoms with Crippen LogP contribution in [0.25, 0.3) is 0 Å². The lowest BCUT2D eigenvalue weighted by atomic mass is 10.2. The van der Waals surface area contributed by atoms with Gasteiger partial charge in [0.1, 0.15) is 0 Å². The second kappa shape index (κ2) is 8.31. The molecular weight excluding hydrogens is 342 g/mol. The molecule has 0 atom stereocenters. The van der Waals surface area contributed by atoms with Crippen LogP contribution < -0.4 is 15.8 Å². The summed E-state index contributed by atoms with van der Waals surface area (Å²) in [6, 6.07) is 37.3. The summed E-state index contributed by atoms with van der Waals surface area (Å²) in [5, 5.41) is 5.53. The minimum absolute atomic E-state index is 1.04. The number of anilines is 5. The van der Waals surface area contributed by atoms with Crippen LogP contribution in [-0.2, 0) is 0 Å². The molecule has 0 heterocycles. The van der Waals surface area contributed by atoms with Crippen molar-refractivity contribution in [2.45, 2.75) is 6.92 Å². The maximum Gasteiger partial charge on any atom is 0.0632 e. The molecule has 4 aromatic rings. The van der Waals surface area contributed by atoms with Crippen LogP contribution in [-0.4, -0.2) is 0 Å². The Bertz CT molecular complexity index is 995. The molecule has 2 N–H and O–H groups in total. The fourth-order valence-corrected chi connectivity index (χ4v) is 3.00. The Hall–Kier alpha value is -3.72. The van der Waals surface area contributed by atoms with E-state index in [1.807, 2.05) is 36.4 Å². The minimum Gasteiger partial charge on any atom is -0.356 e. The molecular formula is C25H23N3. The van der Waals surface area contributed by atoms with Crippen LogP contribution in [0.15, 0.2) is 109 Å². The minimum atomic E-state index is 1.04. The highest BCUT2D eigenvalue weighted by Gasteiger charge is 2.10. The van der Waals surface area contributed by atoms with Crippen molar-refractivity contribution in [2.24, 2.45) is 0 Å². The average molecular weight is 365 g/mol. The number of aryl methyl sites for hydroxylation is 1. The molecule has 4 aromatic carbocycles. The van der Waals surface area contributed by atoms with E-state index in [0.29, 0.717) is 0 Å². The van der Waals surface area contributed by atoms with Crippen LogP contribution >= 0.6 is 0 Å². The fraction of sp³-hybridized carbons (Fsp3) is 0.0400. The van der Waals surface area contributed by atoms with Crippen LogP contribution in [0.4, 0.5) is 28.4 Å². The Balaban J connectivity index is 1.61. The Morgan fingerprint density at radius 2 is 0.964 bits per heavy atom. The van der Waals surface area contributed by atoms with Gasteiger partial charge in [0.2, 0.25) is 0 Å². The van der Waals surface area contributed by atoms with E-state index in [1.165, 1.54) is 5.56 Å². The van der Waals surface area contributed by atoms with E-state index in [1.54, 1.807) is 0 Å². The molecule has 0 spiro atoms. The lowest BCUT2D eigenvalue weighted by Gasteiger charge is -2.27.